The Bertz CT molecular complexity index is 665. The Morgan fingerprint density at radius 3 is 2.33 bits per heavy atom. The Hall–Kier alpha value is -1.85. The Morgan fingerprint density at radius 1 is 1.21 bits per heavy atom. The van der Waals surface area contributed by atoms with Crippen molar-refractivity contribution < 1.29 is 14.7 Å². The fourth-order valence-electron chi connectivity index (χ4n) is 4.59. The molecule has 0 unspecified atom stereocenters. The molecule has 1 amide bonds. The van der Waals surface area contributed by atoms with Crippen LogP contribution in [0.4, 0.5) is 0 Å². The smallest absolute Gasteiger partial charge is 0.309 e. The summed E-state index contributed by atoms with van der Waals surface area (Å²) >= 11 is 0. The Balaban J connectivity index is 1.51. The van der Waals surface area contributed by atoms with Gasteiger partial charge in [-0.15, -0.1) is 0 Å². The summed E-state index contributed by atoms with van der Waals surface area (Å²) in [6.07, 6.45) is 7.69. The van der Waals surface area contributed by atoms with Crippen LogP contribution >= 0.6 is 0 Å². The molecule has 6 nitrogen and oxygen atoms in total. The summed E-state index contributed by atoms with van der Waals surface area (Å²) in [5.74, 6) is -0.715. The van der Waals surface area contributed by atoms with Gasteiger partial charge in [-0.05, 0) is 70.8 Å². The van der Waals surface area contributed by atoms with E-state index in [1.165, 1.54) is 6.42 Å². The lowest BCUT2D eigenvalue weighted by atomic mass is 9.57. The second-order valence-electron chi connectivity index (χ2n) is 8.02. The minimum Gasteiger partial charge on any atom is -0.481 e. The van der Waals surface area contributed by atoms with E-state index in [0.717, 1.165) is 37.8 Å². The molecule has 0 atom stereocenters. The number of aromatic nitrogens is 2. The number of aryl methyl sites for hydroxylation is 1. The SMILES string of the molecule is Cc1cc(C(=O)NC23CCC(C(=O)O)(CC2)CC3)n(C2CCC2)n1. The van der Waals surface area contributed by atoms with Gasteiger partial charge in [-0.25, -0.2) is 0 Å². The van der Waals surface area contributed by atoms with E-state index in [0.29, 0.717) is 31.0 Å². The van der Waals surface area contributed by atoms with Gasteiger partial charge in [-0.2, -0.15) is 5.10 Å². The number of hydrogen-bond acceptors (Lipinski definition) is 3. The highest BCUT2D eigenvalue weighted by Gasteiger charge is 2.53. The topological polar surface area (TPSA) is 84.2 Å². The second kappa shape index (κ2) is 5.33. The predicted molar refractivity (Wildman–Crippen MR) is 87.8 cm³/mol. The molecule has 1 aromatic rings. The van der Waals surface area contributed by atoms with Crippen LogP contribution in [0, 0.1) is 12.3 Å². The molecule has 4 aliphatic rings. The zero-order chi connectivity index (χ0) is 16.9. The number of carboxylic acid groups (broad SMARTS) is 1. The van der Waals surface area contributed by atoms with E-state index in [2.05, 4.69) is 10.4 Å². The van der Waals surface area contributed by atoms with Crippen molar-refractivity contribution in [1.82, 2.24) is 15.1 Å². The average molecular weight is 331 g/mol. The van der Waals surface area contributed by atoms with E-state index in [1.54, 1.807) is 0 Å². The number of nitrogens with zero attached hydrogens (tertiary/aromatic N) is 2. The maximum absolute atomic E-state index is 12.9. The molecule has 0 aromatic carbocycles. The number of hydrogen-bond donors (Lipinski definition) is 2. The van der Waals surface area contributed by atoms with Crippen molar-refractivity contribution in [2.24, 2.45) is 5.41 Å². The number of rotatable bonds is 4. The molecule has 24 heavy (non-hydrogen) atoms. The number of aliphatic carboxylic acids is 1. The number of carbonyl (C=O) groups is 2. The molecule has 0 saturated heterocycles. The van der Waals surface area contributed by atoms with Crippen LogP contribution in [0.3, 0.4) is 0 Å². The second-order valence-corrected chi connectivity index (χ2v) is 8.02. The van der Waals surface area contributed by atoms with Crippen molar-refractivity contribution in [3.05, 3.63) is 17.5 Å². The van der Waals surface area contributed by atoms with Crippen LogP contribution in [-0.2, 0) is 4.79 Å². The van der Waals surface area contributed by atoms with E-state index < -0.39 is 11.4 Å². The van der Waals surface area contributed by atoms with Crippen LogP contribution in [0.25, 0.3) is 0 Å². The van der Waals surface area contributed by atoms with Crippen LogP contribution in [0.1, 0.15) is 80.0 Å². The highest BCUT2D eigenvalue weighted by molar-refractivity contribution is 5.93. The standard InChI is InChI=1S/C18H25N3O3/c1-12-11-14(21(20-12)13-3-2-4-13)15(22)19-18-8-5-17(6-9-18,7-10-18)16(23)24/h11,13H,2-10H2,1H3,(H,19,22)(H,23,24). The summed E-state index contributed by atoms with van der Waals surface area (Å²) in [4.78, 5) is 24.4. The maximum atomic E-state index is 12.9. The molecule has 1 aromatic heterocycles. The molecule has 0 spiro atoms. The molecule has 4 saturated carbocycles. The minimum atomic E-state index is -0.666. The number of amides is 1. The van der Waals surface area contributed by atoms with Crippen LogP contribution in [-0.4, -0.2) is 32.3 Å². The van der Waals surface area contributed by atoms with Crippen molar-refractivity contribution >= 4 is 11.9 Å². The third-order valence-electron chi connectivity index (χ3n) is 6.59. The first-order valence-electron chi connectivity index (χ1n) is 9.05. The fraction of sp³-hybridized carbons (Fsp3) is 0.722. The third-order valence-corrected chi connectivity index (χ3v) is 6.59. The van der Waals surface area contributed by atoms with Gasteiger partial charge in [0.2, 0.25) is 0 Å². The first-order chi connectivity index (χ1) is 11.4. The maximum Gasteiger partial charge on any atom is 0.309 e. The van der Waals surface area contributed by atoms with E-state index >= 15 is 0 Å². The summed E-state index contributed by atoms with van der Waals surface area (Å²) in [6, 6.07) is 2.23. The predicted octanol–water partition coefficient (Wildman–Crippen LogP) is 2.82. The zero-order valence-corrected chi connectivity index (χ0v) is 14.2. The van der Waals surface area contributed by atoms with Gasteiger partial charge in [0, 0.05) is 5.54 Å². The molecule has 0 aliphatic heterocycles. The number of carbonyl (C=O) groups excluding carboxylic acids is 1. The van der Waals surface area contributed by atoms with E-state index in [9.17, 15) is 14.7 Å². The lowest BCUT2D eigenvalue weighted by Gasteiger charge is -2.51. The van der Waals surface area contributed by atoms with Crippen molar-refractivity contribution in [1.29, 1.82) is 0 Å². The van der Waals surface area contributed by atoms with Gasteiger partial charge in [0.05, 0.1) is 17.2 Å². The molecule has 2 N–H and O–H groups in total. The summed E-state index contributed by atoms with van der Waals surface area (Å²) in [7, 11) is 0. The molecular weight excluding hydrogens is 306 g/mol. The molecule has 6 heteroatoms. The van der Waals surface area contributed by atoms with Crippen LogP contribution in [0.15, 0.2) is 6.07 Å². The van der Waals surface area contributed by atoms with Crippen LogP contribution in [0.2, 0.25) is 0 Å². The number of fused-ring (bicyclic) bond motifs is 3. The summed E-state index contributed by atoms with van der Waals surface area (Å²) < 4.78 is 1.90. The van der Waals surface area contributed by atoms with Gasteiger partial charge in [0.25, 0.3) is 5.91 Å². The van der Waals surface area contributed by atoms with E-state index in [1.807, 2.05) is 17.7 Å². The third kappa shape index (κ3) is 2.34. The number of nitrogens with one attached hydrogen (secondary N) is 1. The average Bonchev–Trinajstić information content (AvgIpc) is 2.88. The van der Waals surface area contributed by atoms with Crippen molar-refractivity contribution in [3.8, 4) is 0 Å². The molecule has 130 valence electrons. The molecule has 2 bridgehead atoms. The van der Waals surface area contributed by atoms with Gasteiger partial charge in [0.1, 0.15) is 5.69 Å². The lowest BCUT2D eigenvalue weighted by Crippen LogP contribution is -2.58. The molecular formula is C18H25N3O3. The summed E-state index contributed by atoms with van der Waals surface area (Å²) in [5.41, 5.74) is 0.766. The van der Waals surface area contributed by atoms with Gasteiger partial charge in [-0.1, -0.05) is 0 Å². The highest BCUT2D eigenvalue weighted by Crippen LogP contribution is 2.52. The van der Waals surface area contributed by atoms with Gasteiger partial charge in [-0.3, -0.25) is 14.3 Å². The van der Waals surface area contributed by atoms with E-state index in [-0.39, 0.29) is 11.4 Å². The molecule has 5 rings (SSSR count). The van der Waals surface area contributed by atoms with Crippen molar-refractivity contribution in [3.63, 3.8) is 0 Å². The van der Waals surface area contributed by atoms with Crippen molar-refractivity contribution in [2.45, 2.75) is 76.3 Å². The molecule has 4 aliphatic carbocycles. The molecule has 0 radical (unpaired) electrons. The first kappa shape index (κ1) is 15.7. The van der Waals surface area contributed by atoms with Gasteiger partial charge >= 0.3 is 5.97 Å². The monoisotopic (exact) mass is 331 g/mol. The molecule has 1 heterocycles. The Labute approximate surface area is 141 Å². The van der Waals surface area contributed by atoms with Gasteiger partial charge in [0.15, 0.2) is 0 Å². The Morgan fingerprint density at radius 2 is 1.83 bits per heavy atom. The Kier molecular flexibility index (Phi) is 3.48. The van der Waals surface area contributed by atoms with E-state index in [4.69, 9.17) is 0 Å². The number of carboxylic acids is 1. The normalized spacial score (nSPS) is 32.4. The quantitative estimate of drug-likeness (QED) is 0.888. The summed E-state index contributed by atoms with van der Waals surface area (Å²) in [5, 5.41) is 17.3. The van der Waals surface area contributed by atoms with Crippen LogP contribution in [0.5, 0.6) is 0 Å². The first-order valence-corrected chi connectivity index (χ1v) is 9.05. The zero-order valence-electron chi connectivity index (χ0n) is 14.2. The minimum absolute atomic E-state index is 0.0489. The van der Waals surface area contributed by atoms with Gasteiger partial charge < -0.3 is 10.4 Å². The fourth-order valence-corrected chi connectivity index (χ4v) is 4.59. The largest absolute Gasteiger partial charge is 0.481 e. The highest BCUT2D eigenvalue weighted by atomic mass is 16.4. The molecule has 4 fully saturated rings. The van der Waals surface area contributed by atoms with Crippen LogP contribution < -0.4 is 5.32 Å². The summed E-state index contributed by atoms with van der Waals surface area (Å²) in [6.45, 7) is 1.92. The lowest BCUT2D eigenvalue weighted by molar-refractivity contribution is -0.156. The van der Waals surface area contributed by atoms with Crippen molar-refractivity contribution in [2.75, 3.05) is 0 Å².